The standard InChI is InChI=1S/C11H14O5/c1-15-9-4-2-8(3-5-9)11(14)16-10(6-12)7-13/h2-5,10,12-13H,6-7H2,1H3. The van der Waals surface area contributed by atoms with Crippen molar-refractivity contribution >= 4 is 5.97 Å². The average Bonchev–Trinajstić information content (AvgIpc) is 2.35. The molecule has 0 fully saturated rings. The molecule has 88 valence electrons. The Labute approximate surface area is 93.2 Å². The van der Waals surface area contributed by atoms with Crippen LogP contribution < -0.4 is 4.74 Å². The Hall–Kier alpha value is -1.59. The molecule has 0 saturated carbocycles. The summed E-state index contributed by atoms with van der Waals surface area (Å²) >= 11 is 0. The Morgan fingerprint density at radius 1 is 1.25 bits per heavy atom. The number of methoxy groups -OCH3 is 1. The molecule has 0 heterocycles. The van der Waals surface area contributed by atoms with Crippen molar-refractivity contribution in [1.82, 2.24) is 0 Å². The Balaban J connectivity index is 2.65. The lowest BCUT2D eigenvalue weighted by molar-refractivity contribution is -0.00544. The van der Waals surface area contributed by atoms with Gasteiger partial charge in [-0.25, -0.2) is 4.79 Å². The Kier molecular flexibility index (Phi) is 4.75. The SMILES string of the molecule is COc1ccc(C(=O)OC(CO)CO)cc1. The molecular weight excluding hydrogens is 212 g/mol. The maximum Gasteiger partial charge on any atom is 0.338 e. The first-order valence-electron chi connectivity index (χ1n) is 4.78. The smallest absolute Gasteiger partial charge is 0.338 e. The quantitative estimate of drug-likeness (QED) is 0.702. The average molecular weight is 226 g/mol. The summed E-state index contributed by atoms with van der Waals surface area (Å²) in [4.78, 5) is 11.5. The van der Waals surface area contributed by atoms with Gasteiger partial charge >= 0.3 is 5.97 Å². The normalized spacial score (nSPS) is 10.2. The van der Waals surface area contributed by atoms with Crippen molar-refractivity contribution in [3.05, 3.63) is 29.8 Å². The van der Waals surface area contributed by atoms with Crippen molar-refractivity contribution in [1.29, 1.82) is 0 Å². The fraction of sp³-hybridized carbons (Fsp3) is 0.364. The number of esters is 1. The molecule has 5 nitrogen and oxygen atoms in total. The minimum Gasteiger partial charge on any atom is -0.497 e. The van der Waals surface area contributed by atoms with Crippen molar-refractivity contribution in [2.24, 2.45) is 0 Å². The minimum atomic E-state index is -0.880. The second-order valence-corrected chi connectivity index (χ2v) is 3.12. The molecule has 2 N–H and O–H groups in total. The van der Waals surface area contributed by atoms with E-state index in [4.69, 9.17) is 19.7 Å². The van der Waals surface area contributed by atoms with Crippen LogP contribution in [0.2, 0.25) is 0 Å². The lowest BCUT2D eigenvalue weighted by Crippen LogP contribution is -2.25. The molecule has 0 aliphatic carbocycles. The van der Waals surface area contributed by atoms with Crippen molar-refractivity contribution < 1.29 is 24.5 Å². The zero-order chi connectivity index (χ0) is 12.0. The number of aliphatic hydroxyl groups excluding tert-OH is 2. The third kappa shape index (κ3) is 3.22. The van der Waals surface area contributed by atoms with Gasteiger partial charge in [0.2, 0.25) is 0 Å². The van der Waals surface area contributed by atoms with Gasteiger partial charge in [-0.3, -0.25) is 0 Å². The van der Waals surface area contributed by atoms with Crippen LogP contribution in [0.25, 0.3) is 0 Å². The van der Waals surface area contributed by atoms with Crippen molar-refractivity contribution in [3.8, 4) is 5.75 Å². The topological polar surface area (TPSA) is 76.0 Å². The van der Waals surface area contributed by atoms with E-state index in [1.54, 1.807) is 24.3 Å². The maximum absolute atomic E-state index is 11.5. The number of hydrogen-bond acceptors (Lipinski definition) is 5. The highest BCUT2D eigenvalue weighted by atomic mass is 16.6. The molecule has 0 aromatic heterocycles. The molecule has 0 atom stereocenters. The molecule has 0 amide bonds. The molecule has 0 aliphatic heterocycles. The third-order valence-corrected chi connectivity index (χ3v) is 2.01. The number of carbonyl (C=O) groups is 1. The minimum absolute atomic E-state index is 0.340. The van der Waals surface area contributed by atoms with E-state index >= 15 is 0 Å². The fourth-order valence-corrected chi connectivity index (χ4v) is 1.08. The summed E-state index contributed by atoms with van der Waals surface area (Å²) in [7, 11) is 1.53. The molecule has 0 unspecified atom stereocenters. The van der Waals surface area contributed by atoms with E-state index in [9.17, 15) is 4.79 Å². The molecule has 5 heteroatoms. The van der Waals surface area contributed by atoms with E-state index in [-0.39, 0.29) is 0 Å². The highest BCUT2D eigenvalue weighted by Gasteiger charge is 2.14. The summed E-state index contributed by atoms with van der Waals surface area (Å²) in [6, 6.07) is 6.35. The van der Waals surface area contributed by atoms with Crippen LogP contribution in [0.5, 0.6) is 5.75 Å². The lowest BCUT2D eigenvalue weighted by Gasteiger charge is -2.12. The molecule has 16 heavy (non-hydrogen) atoms. The van der Waals surface area contributed by atoms with Crippen LogP contribution in [0.1, 0.15) is 10.4 Å². The summed E-state index contributed by atoms with van der Waals surface area (Å²) < 4.78 is 9.77. The van der Waals surface area contributed by atoms with Crippen LogP contribution >= 0.6 is 0 Å². The van der Waals surface area contributed by atoms with Gasteiger partial charge in [0, 0.05) is 0 Å². The van der Waals surface area contributed by atoms with Gasteiger partial charge in [0.15, 0.2) is 0 Å². The highest BCUT2D eigenvalue weighted by Crippen LogP contribution is 2.12. The van der Waals surface area contributed by atoms with E-state index < -0.39 is 25.3 Å². The van der Waals surface area contributed by atoms with E-state index in [0.717, 1.165) is 0 Å². The van der Waals surface area contributed by atoms with Crippen LogP contribution in [-0.2, 0) is 4.74 Å². The predicted octanol–water partition coefficient (Wildman–Crippen LogP) is 0.205. The van der Waals surface area contributed by atoms with Gasteiger partial charge in [-0.2, -0.15) is 0 Å². The summed E-state index contributed by atoms with van der Waals surface area (Å²) in [5, 5.41) is 17.5. The first-order valence-corrected chi connectivity index (χ1v) is 4.78. The first kappa shape index (κ1) is 12.5. The van der Waals surface area contributed by atoms with Gasteiger partial charge in [0.05, 0.1) is 25.9 Å². The summed E-state index contributed by atoms with van der Waals surface area (Å²) in [6.07, 6.45) is -0.880. The van der Waals surface area contributed by atoms with Crippen LogP contribution in [0.3, 0.4) is 0 Å². The molecule has 1 aromatic carbocycles. The van der Waals surface area contributed by atoms with E-state index in [2.05, 4.69) is 0 Å². The number of hydrogen-bond donors (Lipinski definition) is 2. The molecule has 0 bridgehead atoms. The van der Waals surface area contributed by atoms with E-state index in [0.29, 0.717) is 11.3 Å². The van der Waals surface area contributed by atoms with Crippen LogP contribution in [0, 0.1) is 0 Å². The number of aliphatic hydroxyl groups is 2. The van der Waals surface area contributed by atoms with Gasteiger partial charge in [0.1, 0.15) is 11.9 Å². The van der Waals surface area contributed by atoms with Gasteiger partial charge in [-0.1, -0.05) is 0 Å². The zero-order valence-corrected chi connectivity index (χ0v) is 8.92. The number of carbonyl (C=O) groups excluding carboxylic acids is 1. The van der Waals surface area contributed by atoms with Crippen LogP contribution in [0.4, 0.5) is 0 Å². The second kappa shape index (κ2) is 6.09. The van der Waals surface area contributed by atoms with Gasteiger partial charge in [0.25, 0.3) is 0 Å². The summed E-state index contributed by atoms with van der Waals surface area (Å²) in [6.45, 7) is -0.809. The zero-order valence-electron chi connectivity index (χ0n) is 8.92. The maximum atomic E-state index is 11.5. The molecule has 0 saturated heterocycles. The Morgan fingerprint density at radius 2 is 1.81 bits per heavy atom. The second-order valence-electron chi connectivity index (χ2n) is 3.12. The van der Waals surface area contributed by atoms with Gasteiger partial charge in [-0.15, -0.1) is 0 Å². The summed E-state index contributed by atoms with van der Waals surface area (Å²) in [5.41, 5.74) is 0.340. The highest BCUT2D eigenvalue weighted by molar-refractivity contribution is 5.89. The third-order valence-electron chi connectivity index (χ3n) is 2.01. The van der Waals surface area contributed by atoms with Gasteiger partial charge in [-0.05, 0) is 24.3 Å². The monoisotopic (exact) mass is 226 g/mol. The molecule has 1 rings (SSSR count). The molecule has 1 aromatic rings. The molecule has 0 radical (unpaired) electrons. The van der Waals surface area contributed by atoms with Crippen LogP contribution in [0.15, 0.2) is 24.3 Å². The fourth-order valence-electron chi connectivity index (χ4n) is 1.08. The Bertz CT molecular complexity index is 329. The van der Waals surface area contributed by atoms with Gasteiger partial charge < -0.3 is 19.7 Å². The summed E-state index contributed by atoms with van der Waals surface area (Å²) in [5.74, 6) is 0.0492. The predicted molar refractivity (Wildman–Crippen MR) is 56.4 cm³/mol. The number of rotatable bonds is 5. The lowest BCUT2D eigenvalue weighted by atomic mass is 10.2. The van der Waals surface area contributed by atoms with Crippen molar-refractivity contribution in [3.63, 3.8) is 0 Å². The number of ether oxygens (including phenoxy) is 2. The molecule has 0 spiro atoms. The van der Waals surface area contributed by atoms with Crippen molar-refractivity contribution in [2.75, 3.05) is 20.3 Å². The van der Waals surface area contributed by atoms with E-state index in [1.807, 2.05) is 0 Å². The Morgan fingerprint density at radius 3 is 2.25 bits per heavy atom. The number of benzene rings is 1. The first-order chi connectivity index (χ1) is 7.71. The largest absolute Gasteiger partial charge is 0.497 e. The molecular formula is C11H14O5. The van der Waals surface area contributed by atoms with Crippen molar-refractivity contribution in [2.45, 2.75) is 6.10 Å². The van der Waals surface area contributed by atoms with E-state index in [1.165, 1.54) is 7.11 Å². The van der Waals surface area contributed by atoms with Crippen LogP contribution in [-0.4, -0.2) is 42.6 Å². The molecule has 0 aliphatic rings.